The first-order chi connectivity index (χ1) is 7.79. The molecule has 0 bridgehead atoms. The molecule has 0 aromatic carbocycles. The van der Waals surface area contributed by atoms with Crippen LogP contribution in [0.1, 0.15) is 25.7 Å². The summed E-state index contributed by atoms with van der Waals surface area (Å²) in [6.07, 6.45) is 5.99. The Labute approximate surface area is 93.3 Å². The Kier molecular flexibility index (Phi) is 3.31. The summed E-state index contributed by atoms with van der Waals surface area (Å²) < 4.78 is 5.10. The molecule has 2 aromatic heterocycles. The fourth-order valence-corrected chi connectivity index (χ4v) is 1.52. The topological polar surface area (TPSA) is 93.6 Å². The van der Waals surface area contributed by atoms with Crippen LogP contribution < -0.4 is 5.73 Å². The number of aromatic nitrogens is 4. The fraction of sp³-hybridized carbons (Fsp3) is 0.500. The third kappa shape index (κ3) is 2.46. The van der Waals surface area contributed by atoms with Gasteiger partial charge in [-0.2, -0.15) is 4.98 Å². The molecule has 0 amide bonds. The Morgan fingerprint density at radius 2 is 2.44 bits per heavy atom. The van der Waals surface area contributed by atoms with Crippen LogP contribution in [0.15, 0.2) is 16.9 Å². The van der Waals surface area contributed by atoms with Gasteiger partial charge in [-0.3, -0.25) is 0 Å². The summed E-state index contributed by atoms with van der Waals surface area (Å²) in [4.78, 5) is 11.2. The lowest BCUT2D eigenvalue weighted by molar-refractivity contribution is 0.366. The molecular formula is C10H15N5O. The third-order valence-electron chi connectivity index (χ3n) is 2.27. The fourth-order valence-electron chi connectivity index (χ4n) is 1.52. The van der Waals surface area contributed by atoms with E-state index in [1.54, 1.807) is 12.4 Å². The van der Waals surface area contributed by atoms with Gasteiger partial charge < -0.3 is 15.2 Å². The second-order valence-electron chi connectivity index (χ2n) is 3.70. The maximum atomic E-state index is 5.89. The van der Waals surface area contributed by atoms with Crippen molar-refractivity contribution in [3.8, 4) is 11.6 Å². The molecule has 0 aliphatic heterocycles. The summed E-state index contributed by atoms with van der Waals surface area (Å²) in [5.74, 6) is 1.65. The third-order valence-corrected chi connectivity index (χ3v) is 2.27. The maximum absolute atomic E-state index is 5.89. The van der Waals surface area contributed by atoms with Gasteiger partial charge in [-0.05, 0) is 6.42 Å². The molecule has 2 aromatic rings. The number of nitrogens with two attached hydrogens (primary N) is 1. The van der Waals surface area contributed by atoms with Crippen molar-refractivity contribution < 1.29 is 4.52 Å². The lowest BCUT2D eigenvalue weighted by Gasteiger charge is -2.05. The van der Waals surface area contributed by atoms with Crippen molar-refractivity contribution in [2.75, 3.05) is 0 Å². The number of imidazole rings is 1. The number of rotatable bonds is 5. The zero-order valence-electron chi connectivity index (χ0n) is 9.18. The van der Waals surface area contributed by atoms with Crippen molar-refractivity contribution in [3.05, 3.63) is 18.3 Å². The van der Waals surface area contributed by atoms with E-state index in [1.807, 2.05) is 0 Å². The van der Waals surface area contributed by atoms with Gasteiger partial charge in [0.05, 0.1) is 0 Å². The molecule has 0 aliphatic rings. The van der Waals surface area contributed by atoms with Crippen LogP contribution in [0, 0.1) is 0 Å². The number of nitrogens with one attached hydrogen (secondary N) is 1. The summed E-state index contributed by atoms with van der Waals surface area (Å²) in [7, 11) is 0. The van der Waals surface area contributed by atoms with Crippen molar-refractivity contribution >= 4 is 0 Å². The molecule has 2 heterocycles. The van der Waals surface area contributed by atoms with Gasteiger partial charge in [0.15, 0.2) is 5.82 Å². The van der Waals surface area contributed by atoms with Gasteiger partial charge in [0.2, 0.25) is 11.7 Å². The minimum atomic E-state index is 0.0786. The second-order valence-corrected chi connectivity index (χ2v) is 3.70. The SMILES string of the molecule is CCCC(N)Cc1nc(-c2ncc[nH]2)no1. The molecular weight excluding hydrogens is 206 g/mol. The van der Waals surface area contributed by atoms with Crippen molar-refractivity contribution in [1.82, 2.24) is 20.1 Å². The molecule has 1 unspecified atom stereocenters. The Morgan fingerprint density at radius 3 is 3.12 bits per heavy atom. The van der Waals surface area contributed by atoms with E-state index in [0.717, 1.165) is 12.8 Å². The minimum Gasteiger partial charge on any atom is -0.342 e. The average molecular weight is 221 g/mol. The summed E-state index contributed by atoms with van der Waals surface area (Å²) in [5.41, 5.74) is 5.89. The molecule has 0 fully saturated rings. The van der Waals surface area contributed by atoms with E-state index in [2.05, 4.69) is 27.0 Å². The minimum absolute atomic E-state index is 0.0786. The van der Waals surface area contributed by atoms with Gasteiger partial charge in [0, 0.05) is 24.9 Å². The summed E-state index contributed by atoms with van der Waals surface area (Å²) in [6, 6.07) is 0.0786. The van der Waals surface area contributed by atoms with Crippen LogP contribution in [-0.2, 0) is 6.42 Å². The smallest absolute Gasteiger partial charge is 0.238 e. The molecule has 0 spiro atoms. The summed E-state index contributed by atoms with van der Waals surface area (Å²) in [5, 5.41) is 3.84. The number of nitrogens with zero attached hydrogens (tertiary/aromatic N) is 3. The molecule has 2 rings (SSSR count). The van der Waals surface area contributed by atoms with Crippen molar-refractivity contribution in [3.63, 3.8) is 0 Å². The average Bonchev–Trinajstić information content (AvgIpc) is 2.86. The lowest BCUT2D eigenvalue weighted by atomic mass is 10.1. The van der Waals surface area contributed by atoms with Gasteiger partial charge in [0.1, 0.15) is 0 Å². The molecule has 0 radical (unpaired) electrons. The first-order valence-electron chi connectivity index (χ1n) is 5.37. The zero-order valence-corrected chi connectivity index (χ0v) is 9.18. The highest BCUT2D eigenvalue weighted by Gasteiger charge is 2.12. The van der Waals surface area contributed by atoms with E-state index >= 15 is 0 Å². The lowest BCUT2D eigenvalue weighted by Crippen LogP contribution is -2.22. The molecule has 0 saturated heterocycles. The highest BCUT2D eigenvalue weighted by molar-refractivity contribution is 5.40. The van der Waals surface area contributed by atoms with E-state index in [0.29, 0.717) is 24.0 Å². The number of aromatic amines is 1. The van der Waals surface area contributed by atoms with Crippen molar-refractivity contribution in [1.29, 1.82) is 0 Å². The molecule has 6 nitrogen and oxygen atoms in total. The quantitative estimate of drug-likeness (QED) is 0.789. The highest BCUT2D eigenvalue weighted by atomic mass is 16.5. The maximum Gasteiger partial charge on any atom is 0.238 e. The van der Waals surface area contributed by atoms with Crippen LogP contribution in [-0.4, -0.2) is 26.2 Å². The molecule has 3 N–H and O–H groups in total. The monoisotopic (exact) mass is 221 g/mol. The number of hydrogen-bond acceptors (Lipinski definition) is 5. The zero-order chi connectivity index (χ0) is 11.4. The van der Waals surface area contributed by atoms with E-state index in [-0.39, 0.29) is 6.04 Å². The van der Waals surface area contributed by atoms with E-state index < -0.39 is 0 Å². The Hall–Kier alpha value is -1.69. The van der Waals surface area contributed by atoms with Gasteiger partial charge in [-0.1, -0.05) is 18.5 Å². The van der Waals surface area contributed by atoms with Crippen molar-refractivity contribution in [2.45, 2.75) is 32.2 Å². The summed E-state index contributed by atoms with van der Waals surface area (Å²) in [6.45, 7) is 2.10. The van der Waals surface area contributed by atoms with Crippen LogP contribution in [0.3, 0.4) is 0 Å². The second kappa shape index (κ2) is 4.89. The predicted molar refractivity (Wildman–Crippen MR) is 58.5 cm³/mol. The first kappa shape index (κ1) is 10.8. The highest BCUT2D eigenvalue weighted by Crippen LogP contribution is 2.11. The van der Waals surface area contributed by atoms with E-state index in [1.165, 1.54) is 0 Å². The van der Waals surface area contributed by atoms with Gasteiger partial charge >= 0.3 is 0 Å². The van der Waals surface area contributed by atoms with Crippen LogP contribution in [0.2, 0.25) is 0 Å². The van der Waals surface area contributed by atoms with Gasteiger partial charge in [0.25, 0.3) is 0 Å². The first-order valence-corrected chi connectivity index (χ1v) is 5.37. The Bertz CT molecular complexity index is 422. The number of hydrogen-bond donors (Lipinski definition) is 2. The molecule has 16 heavy (non-hydrogen) atoms. The van der Waals surface area contributed by atoms with Crippen LogP contribution in [0.4, 0.5) is 0 Å². The normalized spacial score (nSPS) is 12.9. The van der Waals surface area contributed by atoms with Crippen LogP contribution in [0.25, 0.3) is 11.6 Å². The van der Waals surface area contributed by atoms with Crippen molar-refractivity contribution in [2.24, 2.45) is 5.73 Å². The predicted octanol–water partition coefficient (Wildman–Crippen LogP) is 1.13. The van der Waals surface area contributed by atoms with Crippen LogP contribution in [0.5, 0.6) is 0 Å². The van der Waals surface area contributed by atoms with E-state index in [4.69, 9.17) is 10.3 Å². The van der Waals surface area contributed by atoms with E-state index in [9.17, 15) is 0 Å². The molecule has 0 aliphatic carbocycles. The Morgan fingerprint density at radius 1 is 1.56 bits per heavy atom. The van der Waals surface area contributed by atoms with Crippen LogP contribution >= 0.6 is 0 Å². The molecule has 6 heteroatoms. The Balaban J connectivity index is 2.03. The standard InChI is InChI=1S/C10H15N5O/c1-2-3-7(11)6-8-14-10(15-16-8)9-12-4-5-13-9/h4-5,7H,2-3,6,11H2,1H3,(H,12,13). The number of H-pyrrole nitrogens is 1. The molecule has 86 valence electrons. The largest absolute Gasteiger partial charge is 0.342 e. The summed E-state index contributed by atoms with van der Waals surface area (Å²) >= 11 is 0. The van der Waals surface area contributed by atoms with Gasteiger partial charge in [-0.25, -0.2) is 4.98 Å². The molecule has 0 saturated carbocycles. The van der Waals surface area contributed by atoms with Gasteiger partial charge in [-0.15, -0.1) is 0 Å². The molecule has 1 atom stereocenters.